The van der Waals surface area contributed by atoms with Crippen LogP contribution in [-0.4, -0.2) is 19.1 Å². The molecule has 0 bridgehead atoms. The lowest BCUT2D eigenvalue weighted by atomic mass is 10.1. The predicted octanol–water partition coefficient (Wildman–Crippen LogP) is 3.86. The summed E-state index contributed by atoms with van der Waals surface area (Å²) in [5.74, 6) is 0.388. The van der Waals surface area contributed by atoms with Crippen LogP contribution in [0, 0.1) is 6.92 Å². The Morgan fingerprint density at radius 3 is 2.41 bits per heavy atom. The van der Waals surface area contributed by atoms with Gasteiger partial charge in [-0.3, -0.25) is 4.79 Å². The Labute approximate surface area is 138 Å². The molecular formula is C16H15Cl2NO3. The summed E-state index contributed by atoms with van der Waals surface area (Å²) in [7, 11) is 0. The minimum Gasteiger partial charge on any atom is -0.489 e. The van der Waals surface area contributed by atoms with Gasteiger partial charge in [-0.1, -0.05) is 29.3 Å². The van der Waals surface area contributed by atoms with Gasteiger partial charge in [0.15, 0.2) is 0 Å². The lowest BCUT2D eigenvalue weighted by Gasteiger charge is -2.12. The number of primary amides is 1. The van der Waals surface area contributed by atoms with Gasteiger partial charge in [-0.05, 0) is 36.8 Å². The van der Waals surface area contributed by atoms with Gasteiger partial charge in [0.1, 0.15) is 24.7 Å². The van der Waals surface area contributed by atoms with Crippen molar-refractivity contribution in [2.24, 2.45) is 5.73 Å². The number of hydrogen-bond acceptors (Lipinski definition) is 3. The van der Waals surface area contributed by atoms with Crippen LogP contribution in [0.4, 0.5) is 0 Å². The maximum atomic E-state index is 11.3. The third-order valence-corrected chi connectivity index (χ3v) is 3.44. The molecule has 0 aliphatic heterocycles. The van der Waals surface area contributed by atoms with Gasteiger partial charge in [0, 0.05) is 11.1 Å². The third-order valence-electron chi connectivity index (χ3n) is 2.89. The van der Waals surface area contributed by atoms with Gasteiger partial charge in [-0.25, -0.2) is 0 Å². The zero-order chi connectivity index (χ0) is 16.1. The molecule has 0 saturated heterocycles. The standard InChI is InChI=1S/C16H15Cl2NO3/c1-10-2-4-12(16(19)20)14(8-10)21-6-7-22-15-9-11(17)3-5-13(15)18/h2-5,8-9H,6-7H2,1H3,(H2,19,20). The number of nitrogens with two attached hydrogens (primary N) is 1. The molecule has 6 heteroatoms. The Kier molecular flexibility index (Phi) is 5.52. The van der Waals surface area contributed by atoms with Crippen molar-refractivity contribution < 1.29 is 14.3 Å². The largest absolute Gasteiger partial charge is 0.489 e. The second-order valence-electron chi connectivity index (χ2n) is 4.64. The quantitative estimate of drug-likeness (QED) is 0.813. The van der Waals surface area contributed by atoms with E-state index >= 15 is 0 Å². The summed E-state index contributed by atoms with van der Waals surface area (Å²) in [5, 5.41) is 1.01. The first-order chi connectivity index (χ1) is 10.5. The van der Waals surface area contributed by atoms with E-state index in [1.807, 2.05) is 6.92 Å². The molecule has 0 unspecified atom stereocenters. The first-order valence-corrected chi connectivity index (χ1v) is 7.34. The summed E-state index contributed by atoms with van der Waals surface area (Å²) in [6.45, 7) is 2.40. The van der Waals surface area contributed by atoms with Gasteiger partial charge in [0.05, 0.1) is 10.6 Å². The molecule has 2 aromatic rings. The van der Waals surface area contributed by atoms with Crippen LogP contribution >= 0.6 is 23.2 Å². The number of aryl methyl sites for hydroxylation is 1. The molecule has 22 heavy (non-hydrogen) atoms. The molecule has 2 aromatic carbocycles. The summed E-state index contributed by atoms with van der Waals surface area (Å²) in [4.78, 5) is 11.3. The van der Waals surface area contributed by atoms with E-state index in [1.54, 1.807) is 36.4 Å². The van der Waals surface area contributed by atoms with Gasteiger partial charge in [0.2, 0.25) is 0 Å². The van der Waals surface area contributed by atoms with E-state index in [4.69, 9.17) is 38.4 Å². The van der Waals surface area contributed by atoms with E-state index < -0.39 is 5.91 Å². The topological polar surface area (TPSA) is 61.6 Å². The molecule has 0 aromatic heterocycles. The number of halogens is 2. The van der Waals surface area contributed by atoms with Crippen molar-refractivity contribution in [1.29, 1.82) is 0 Å². The Bertz CT molecular complexity index is 689. The predicted molar refractivity (Wildman–Crippen MR) is 87.1 cm³/mol. The van der Waals surface area contributed by atoms with Crippen LogP contribution in [0.1, 0.15) is 15.9 Å². The summed E-state index contributed by atoms with van der Waals surface area (Å²) in [6, 6.07) is 10.2. The fourth-order valence-corrected chi connectivity index (χ4v) is 2.18. The lowest BCUT2D eigenvalue weighted by Crippen LogP contribution is -2.15. The lowest BCUT2D eigenvalue weighted by molar-refractivity contribution is 0.0995. The minimum atomic E-state index is -0.534. The van der Waals surface area contributed by atoms with E-state index in [0.29, 0.717) is 27.1 Å². The summed E-state index contributed by atoms with van der Waals surface area (Å²) >= 11 is 11.9. The highest BCUT2D eigenvalue weighted by Gasteiger charge is 2.09. The Balaban J connectivity index is 1.95. The van der Waals surface area contributed by atoms with Crippen molar-refractivity contribution in [3.63, 3.8) is 0 Å². The van der Waals surface area contributed by atoms with Crippen molar-refractivity contribution >= 4 is 29.1 Å². The molecule has 0 fully saturated rings. The summed E-state index contributed by atoms with van der Waals surface area (Å²) < 4.78 is 11.1. The van der Waals surface area contributed by atoms with Gasteiger partial charge in [0.25, 0.3) is 5.91 Å². The molecular weight excluding hydrogens is 325 g/mol. The molecule has 0 radical (unpaired) electrons. The normalized spacial score (nSPS) is 10.3. The van der Waals surface area contributed by atoms with E-state index in [-0.39, 0.29) is 13.2 Å². The van der Waals surface area contributed by atoms with Crippen molar-refractivity contribution in [3.05, 3.63) is 57.6 Å². The Morgan fingerprint density at radius 1 is 1.05 bits per heavy atom. The highest BCUT2D eigenvalue weighted by molar-refractivity contribution is 6.34. The Hall–Kier alpha value is -1.91. The summed E-state index contributed by atoms with van der Waals surface area (Å²) in [6.07, 6.45) is 0. The number of carbonyl (C=O) groups is 1. The number of hydrogen-bond donors (Lipinski definition) is 1. The van der Waals surface area contributed by atoms with Crippen LogP contribution in [0.15, 0.2) is 36.4 Å². The first-order valence-electron chi connectivity index (χ1n) is 6.58. The highest BCUT2D eigenvalue weighted by atomic mass is 35.5. The molecule has 0 aliphatic carbocycles. The Morgan fingerprint density at radius 2 is 1.73 bits per heavy atom. The second kappa shape index (κ2) is 7.38. The number of ether oxygens (including phenoxy) is 2. The molecule has 1 amide bonds. The average molecular weight is 340 g/mol. The molecule has 116 valence electrons. The van der Waals surface area contributed by atoms with E-state index in [0.717, 1.165) is 5.56 Å². The molecule has 0 aliphatic rings. The average Bonchev–Trinajstić information content (AvgIpc) is 2.46. The molecule has 0 atom stereocenters. The monoisotopic (exact) mass is 339 g/mol. The van der Waals surface area contributed by atoms with Crippen LogP contribution in [0.3, 0.4) is 0 Å². The van der Waals surface area contributed by atoms with Crippen molar-refractivity contribution in [3.8, 4) is 11.5 Å². The first kappa shape index (κ1) is 16.5. The molecule has 0 saturated carbocycles. The van der Waals surface area contributed by atoms with Crippen molar-refractivity contribution in [1.82, 2.24) is 0 Å². The number of rotatable bonds is 6. The van der Waals surface area contributed by atoms with Gasteiger partial charge in [-0.2, -0.15) is 0 Å². The fourth-order valence-electron chi connectivity index (χ4n) is 1.84. The highest BCUT2D eigenvalue weighted by Crippen LogP contribution is 2.27. The molecule has 0 heterocycles. The van der Waals surface area contributed by atoms with Crippen LogP contribution in [0.5, 0.6) is 11.5 Å². The van der Waals surface area contributed by atoms with Crippen LogP contribution in [0.25, 0.3) is 0 Å². The van der Waals surface area contributed by atoms with Crippen LogP contribution in [-0.2, 0) is 0 Å². The van der Waals surface area contributed by atoms with Crippen LogP contribution < -0.4 is 15.2 Å². The van der Waals surface area contributed by atoms with Gasteiger partial charge < -0.3 is 15.2 Å². The van der Waals surface area contributed by atoms with Crippen molar-refractivity contribution in [2.45, 2.75) is 6.92 Å². The smallest absolute Gasteiger partial charge is 0.252 e. The third kappa shape index (κ3) is 4.29. The van der Waals surface area contributed by atoms with Crippen molar-refractivity contribution in [2.75, 3.05) is 13.2 Å². The van der Waals surface area contributed by atoms with Gasteiger partial charge >= 0.3 is 0 Å². The van der Waals surface area contributed by atoms with E-state index in [9.17, 15) is 4.79 Å². The molecule has 4 nitrogen and oxygen atoms in total. The number of carbonyl (C=O) groups excluding carboxylic acids is 1. The minimum absolute atomic E-state index is 0.243. The zero-order valence-electron chi connectivity index (χ0n) is 11.9. The molecule has 0 spiro atoms. The van der Waals surface area contributed by atoms with E-state index in [2.05, 4.69) is 0 Å². The van der Waals surface area contributed by atoms with Gasteiger partial charge in [-0.15, -0.1) is 0 Å². The zero-order valence-corrected chi connectivity index (χ0v) is 13.4. The van der Waals surface area contributed by atoms with E-state index in [1.165, 1.54) is 0 Å². The molecule has 2 N–H and O–H groups in total. The summed E-state index contributed by atoms with van der Waals surface area (Å²) in [5.41, 5.74) is 6.62. The van der Waals surface area contributed by atoms with Crippen LogP contribution in [0.2, 0.25) is 10.0 Å². The SMILES string of the molecule is Cc1ccc(C(N)=O)c(OCCOc2cc(Cl)ccc2Cl)c1. The maximum absolute atomic E-state index is 11.3. The number of benzene rings is 2. The fraction of sp³-hybridized carbons (Fsp3) is 0.188. The number of amides is 1. The molecule has 2 rings (SSSR count). The second-order valence-corrected chi connectivity index (χ2v) is 5.48. The maximum Gasteiger partial charge on any atom is 0.252 e.